The van der Waals surface area contributed by atoms with E-state index in [-0.39, 0.29) is 11.1 Å². The predicted molar refractivity (Wildman–Crippen MR) is 81.1 cm³/mol. The number of amides is 2. The molecule has 0 aliphatic heterocycles. The first-order valence-corrected chi connectivity index (χ1v) is 6.57. The van der Waals surface area contributed by atoms with Gasteiger partial charge in [-0.3, -0.25) is 0 Å². The number of anilines is 1. The summed E-state index contributed by atoms with van der Waals surface area (Å²) in [5.74, 6) is 0.894. The van der Waals surface area contributed by atoms with Crippen molar-refractivity contribution in [3.8, 4) is 11.5 Å². The van der Waals surface area contributed by atoms with Crippen molar-refractivity contribution < 1.29 is 9.53 Å². The van der Waals surface area contributed by atoms with Crippen molar-refractivity contribution in [1.29, 1.82) is 0 Å². The minimum absolute atomic E-state index is 0.240. The van der Waals surface area contributed by atoms with Crippen LogP contribution in [0.4, 0.5) is 10.5 Å². The highest BCUT2D eigenvalue weighted by Gasteiger charge is 2.15. The van der Waals surface area contributed by atoms with Gasteiger partial charge in [0.25, 0.3) is 0 Å². The van der Waals surface area contributed by atoms with E-state index in [4.69, 9.17) is 27.9 Å². The SMILES string of the molecule is CNC(=O)Nc1ccc(Cl)c(Cl)c1Oc1ccccc1. The fourth-order valence-corrected chi connectivity index (χ4v) is 1.87. The van der Waals surface area contributed by atoms with E-state index in [1.54, 1.807) is 24.3 Å². The summed E-state index contributed by atoms with van der Waals surface area (Å²) in [5, 5.41) is 5.67. The lowest BCUT2D eigenvalue weighted by molar-refractivity contribution is 0.254. The Labute approximate surface area is 126 Å². The summed E-state index contributed by atoms with van der Waals surface area (Å²) in [6.45, 7) is 0. The van der Waals surface area contributed by atoms with Gasteiger partial charge in [-0.15, -0.1) is 0 Å². The minimum Gasteiger partial charge on any atom is -0.454 e. The van der Waals surface area contributed by atoms with Crippen LogP contribution in [0.2, 0.25) is 10.0 Å². The third-order valence-electron chi connectivity index (χ3n) is 2.49. The van der Waals surface area contributed by atoms with E-state index < -0.39 is 0 Å². The van der Waals surface area contributed by atoms with Crippen molar-refractivity contribution in [3.05, 3.63) is 52.5 Å². The lowest BCUT2D eigenvalue weighted by Gasteiger charge is -2.14. The number of ether oxygens (including phenoxy) is 1. The number of urea groups is 1. The van der Waals surface area contributed by atoms with Gasteiger partial charge in [-0.1, -0.05) is 41.4 Å². The van der Waals surface area contributed by atoms with Crippen LogP contribution in [0, 0.1) is 0 Å². The summed E-state index contributed by atoms with van der Waals surface area (Å²) >= 11 is 12.1. The quantitative estimate of drug-likeness (QED) is 0.874. The summed E-state index contributed by atoms with van der Waals surface area (Å²) in [6, 6.07) is 11.9. The molecule has 0 unspecified atom stereocenters. The van der Waals surface area contributed by atoms with Crippen molar-refractivity contribution in [1.82, 2.24) is 5.32 Å². The highest BCUT2D eigenvalue weighted by atomic mass is 35.5. The van der Waals surface area contributed by atoms with Crippen molar-refractivity contribution in [2.75, 3.05) is 12.4 Å². The lowest BCUT2D eigenvalue weighted by atomic mass is 10.3. The Kier molecular flexibility index (Phi) is 4.71. The molecule has 0 saturated heterocycles. The largest absolute Gasteiger partial charge is 0.454 e. The second-order valence-electron chi connectivity index (χ2n) is 3.86. The van der Waals surface area contributed by atoms with Crippen LogP contribution in [0.3, 0.4) is 0 Å². The number of hydrogen-bond acceptors (Lipinski definition) is 2. The van der Waals surface area contributed by atoms with Gasteiger partial charge in [-0.05, 0) is 24.3 Å². The zero-order valence-electron chi connectivity index (χ0n) is 10.6. The van der Waals surface area contributed by atoms with Gasteiger partial charge in [-0.2, -0.15) is 0 Å². The molecular formula is C14H12Cl2N2O2. The zero-order chi connectivity index (χ0) is 14.5. The Hall–Kier alpha value is -1.91. The fraction of sp³-hybridized carbons (Fsp3) is 0.0714. The number of halogens is 2. The topological polar surface area (TPSA) is 50.4 Å². The van der Waals surface area contributed by atoms with Crippen LogP contribution in [0.25, 0.3) is 0 Å². The number of nitrogens with one attached hydrogen (secondary N) is 2. The maximum Gasteiger partial charge on any atom is 0.319 e. The van der Waals surface area contributed by atoms with Gasteiger partial charge in [0.2, 0.25) is 0 Å². The van der Waals surface area contributed by atoms with E-state index in [1.807, 2.05) is 18.2 Å². The number of rotatable bonds is 3. The van der Waals surface area contributed by atoms with E-state index in [1.165, 1.54) is 7.05 Å². The number of para-hydroxylation sites is 1. The summed E-state index contributed by atoms with van der Waals surface area (Å²) in [6.07, 6.45) is 0. The second-order valence-corrected chi connectivity index (χ2v) is 4.64. The van der Waals surface area contributed by atoms with Crippen LogP contribution in [-0.2, 0) is 0 Å². The van der Waals surface area contributed by atoms with Gasteiger partial charge < -0.3 is 15.4 Å². The molecular weight excluding hydrogens is 299 g/mol. The fourth-order valence-electron chi connectivity index (χ4n) is 1.52. The summed E-state index contributed by atoms with van der Waals surface area (Å²) < 4.78 is 5.71. The smallest absolute Gasteiger partial charge is 0.319 e. The number of benzene rings is 2. The van der Waals surface area contributed by atoms with Crippen LogP contribution in [0.1, 0.15) is 0 Å². The van der Waals surface area contributed by atoms with Gasteiger partial charge in [0.1, 0.15) is 10.8 Å². The van der Waals surface area contributed by atoms with E-state index in [0.717, 1.165) is 0 Å². The van der Waals surface area contributed by atoms with Crippen LogP contribution in [0.5, 0.6) is 11.5 Å². The molecule has 104 valence electrons. The summed E-state index contributed by atoms with van der Waals surface area (Å²) in [5.41, 5.74) is 0.433. The van der Waals surface area contributed by atoms with Crippen LogP contribution >= 0.6 is 23.2 Å². The van der Waals surface area contributed by atoms with Crippen molar-refractivity contribution in [2.24, 2.45) is 0 Å². The third kappa shape index (κ3) is 3.35. The molecule has 0 bridgehead atoms. The molecule has 4 nitrogen and oxygen atoms in total. The Morgan fingerprint density at radius 1 is 1.10 bits per heavy atom. The maximum absolute atomic E-state index is 11.4. The Morgan fingerprint density at radius 3 is 2.45 bits per heavy atom. The minimum atomic E-state index is -0.374. The monoisotopic (exact) mass is 310 g/mol. The molecule has 0 aliphatic carbocycles. The summed E-state index contributed by atoms with van der Waals surface area (Å²) in [7, 11) is 1.52. The first kappa shape index (κ1) is 14.5. The molecule has 0 spiro atoms. The van der Waals surface area contributed by atoms with Gasteiger partial charge in [-0.25, -0.2) is 4.79 Å². The van der Waals surface area contributed by atoms with Gasteiger partial charge in [0.15, 0.2) is 5.75 Å². The molecule has 0 aromatic heterocycles. The first-order valence-electron chi connectivity index (χ1n) is 5.81. The standard InChI is InChI=1S/C14H12Cl2N2O2/c1-17-14(19)18-11-8-7-10(15)12(16)13(11)20-9-5-3-2-4-6-9/h2-8H,1H3,(H2,17,18,19). The molecule has 2 aromatic carbocycles. The van der Waals surface area contributed by atoms with Crippen LogP contribution < -0.4 is 15.4 Å². The van der Waals surface area contributed by atoms with E-state index in [2.05, 4.69) is 10.6 Å². The molecule has 6 heteroatoms. The Balaban J connectivity index is 2.38. The van der Waals surface area contributed by atoms with Gasteiger partial charge in [0.05, 0.1) is 10.7 Å². The molecule has 0 radical (unpaired) electrons. The normalized spacial score (nSPS) is 9.95. The highest BCUT2D eigenvalue weighted by molar-refractivity contribution is 6.43. The van der Waals surface area contributed by atoms with E-state index in [9.17, 15) is 4.79 Å². The van der Waals surface area contributed by atoms with Crippen LogP contribution in [0.15, 0.2) is 42.5 Å². The van der Waals surface area contributed by atoms with E-state index >= 15 is 0 Å². The third-order valence-corrected chi connectivity index (χ3v) is 3.28. The first-order chi connectivity index (χ1) is 9.61. The van der Waals surface area contributed by atoms with Crippen molar-refractivity contribution in [3.63, 3.8) is 0 Å². The average molecular weight is 311 g/mol. The predicted octanol–water partition coefficient (Wildman–Crippen LogP) is 4.54. The number of hydrogen-bond donors (Lipinski definition) is 2. The van der Waals surface area contributed by atoms with Crippen LogP contribution in [-0.4, -0.2) is 13.1 Å². The molecule has 0 saturated carbocycles. The van der Waals surface area contributed by atoms with Crippen molar-refractivity contribution >= 4 is 34.9 Å². The molecule has 0 heterocycles. The highest BCUT2D eigenvalue weighted by Crippen LogP contribution is 2.40. The van der Waals surface area contributed by atoms with Crippen molar-refractivity contribution in [2.45, 2.75) is 0 Å². The lowest BCUT2D eigenvalue weighted by Crippen LogP contribution is -2.24. The second kappa shape index (κ2) is 6.50. The molecule has 2 amide bonds. The zero-order valence-corrected chi connectivity index (χ0v) is 12.1. The molecule has 2 rings (SSSR count). The van der Waals surface area contributed by atoms with E-state index in [0.29, 0.717) is 22.2 Å². The van der Waals surface area contributed by atoms with Gasteiger partial charge >= 0.3 is 6.03 Å². The van der Waals surface area contributed by atoms with Gasteiger partial charge in [0, 0.05) is 7.05 Å². The Morgan fingerprint density at radius 2 is 1.80 bits per heavy atom. The maximum atomic E-state index is 11.4. The molecule has 0 aliphatic rings. The summed E-state index contributed by atoms with van der Waals surface area (Å²) in [4.78, 5) is 11.4. The average Bonchev–Trinajstić information content (AvgIpc) is 2.47. The molecule has 2 N–H and O–H groups in total. The molecule has 0 atom stereocenters. The molecule has 0 fully saturated rings. The number of carbonyl (C=O) groups excluding carboxylic acids is 1. The Bertz CT molecular complexity index is 618. The molecule has 20 heavy (non-hydrogen) atoms. The number of carbonyl (C=O) groups is 1. The molecule has 2 aromatic rings.